The first-order valence-electron chi connectivity index (χ1n) is 5.33. The first-order valence-corrected chi connectivity index (χ1v) is 5.71. The summed E-state index contributed by atoms with van der Waals surface area (Å²) in [5, 5.41) is 4.91. The highest BCUT2D eigenvalue weighted by Gasteiger charge is 2.16. The lowest BCUT2D eigenvalue weighted by molar-refractivity contribution is 0.770. The summed E-state index contributed by atoms with van der Waals surface area (Å²) >= 11 is 5.99. The van der Waals surface area contributed by atoms with E-state index in [9.17, 15) is 0 Å². The summed E-state index contributed by atoms with van der Waals surface area (Å²) in [5.41, 5.74) is 7.52. The molecule has 5 nitrogen and oxygen atoms in total. The van der Waals surface area contributed by atoms with Gasteiger partial charge in [0.25, 0.3) is 0 Å². The molecule has 0 aliphatic heterocycles. The van der Waals surface area contributed by atoms with Crippen molar-refractivity contribution in [3.8, 4) is 5.82 Å². The molecule has 0 fully saturated rings. The molecule has 2 aromatic rings. The molecule has 6 heteroatoms. The topological polar surface area (TPSA) is 69.6 Å². The van der Waals surface area contributed by atoms with E-state index < -0.39 is 0 Å². The lowest BCUT2D eigenvalue weighted by Crippen LogP contribution is -2.09. The lowest BCUT2D eigenvalue weighted by atomic mass is 10.1. The van der Waals surface area contributed by atoms with Crippen LogP contribution in [0.15, 0.2) is 12.5 Å². The van der Waals surface area contributed by atoms with Crippen LogP contribution in [-0.4, -0.2) is 19.7 Å². The Bertz CT molecular complexity index is 527. The summed E-state index contributed by atoms with van der Waals surface area (Å²) < 4.78 is 1.64. The third kappa shape index (κ3) is 2.10. The largest absolute Gasteiger partial charge is 0.383 e. The Morgan fingerprint density at radius 3 is 2.59 bits per heavy atom. The van der Waals surface area contributed by atoms with Crippen molar-refractivity contribution in [2.75, 3.05) is 5.73 Å². The van der Waals surface area contributed by atoms with Crippen LogP contribution in [0.25, 0.3) is 5.82 Å². The maximum atomic E-state index is 5.99. The summed E-state index contributed by atoms with van der Waals surface area (Å²) in [6.45, 7) is 5.92. The number of halogens is 1. The van der Waals surface area contributed by atoms with Crippen molar-refractivity contribution in [1.82, 2.24) is 19.7 Å². The summed E-state index contributed by atoms with van der Waals surface area (Å²) in [7, 11) is 0. The van der Waals surface area contributed by atoms with Gasteiger partial charge < -0.3 is 5.73 Å². The second-order valence-electron chi connectivity index (χ2n) is 4.16. The van der Waals surface area contributed by atoms with Gasteiger partial charge in [-0.1, -0.05) is 25.4 Å². The van der Waals surface area contributed by atoms with Crippen molar-refractivity contribution in [2.45, 2.75) is 26.7 Å². The van der Waals surface area contributed by atoms with Gasteiger partial charge >= 0.3 is 0 Å². The Morgan fingerprint density at radius 1 is 1.35 bits per heavy atom. The SMILES string of the molecule is Cc1nn(-c2ncnc(N)c2C(C)C)cc1Cl. The van der Waals surface area contributed by atoms with E-state index in [2.05, 4.69) is 15.1 Å². The van der Waals surface area contributed by atoms with Crippen LogP contribution in [0.5, 0.6) is 0 Å². The van der Waals surface area contributed by atoms with Crippen LogP contribution in [0.2, 0.25) is 5.02 Å². The molecule has 0 radical (unpaired) electrons. The average Bonchev–Trinajstić information content (AvgIpc) is 2.58. The van der Waals surface area contributed by atoms with E-state index in [-0.39, 0.29) is 5.92 Å². The fourth-order valence-electron chi connectivity index (χ4n) is 1.68. The molecular weight excluding hydrogens is 238 g/mol. The fourth-order valence-corrected chi connectivity index (χ4v) is 1.81. The summed E-state index contributed by atoms with van der Waals surface area (Å²) in [6.07, 6.45) is 3.16. The lowest BCUT2D eigenvalue weighted by Gasteiger charge is -2.12. The summed E-state index contributed by atoms with van der Waals surface area (Å²) in [6, 6.07) is 0. The molecule has 0 saturated heterocycles. The number of nitrogens with two attached hydrogens (primary N) is 1. The van der Waals surface area contributed by atoms with E-state index in [0.717, 1.165) is 11.3 Å². The average molecular weight is 252 g/mol. The van der Waals surface area contributed by atoms with Crippen LogP contribution < -0.4 is 5.73 Å². The van der Waals surface area contributed by atoms with Gasteiger partial charge in [0.15, 0.2) is 5.82 Å². The molecule has 0 bridgehead atoms. The predicted octanol–water partition coefficient (Wildman–Crippen LogP) is 2.33. The molecule has 0 saturated carbocycles. The number of anilines is 1. The Morgan fingerprint density at radius 2 is 2.06 bits per heavy atom. The standard InChI is InChI=1S/C11H14ClN5/c1-6(2)9-10(13)14-5-15-11(9)17-4-8(12)7(3)16-17/h4-6H,1-3H3,(H2,13,14,15). The Labute approximate surface area is 105 Å². The quantitative estimate of drug-likeness (QED) is 0.889. The second kappa shape index (κ2) is 4.33. The van der Waals surface area contributed by atoms with Crippen molar-refractivity contribution in [2.24, 2.45) is 0 Å². The van der Waals surface area contributed by atoms with E-state index >= 15 is 0 Å². The Hall–Kier alpha value is -1.62. The monoisotopic (exact) mass is 251 g/mol. The molecule has 0 aliphatic rings. The molecule has 2 N–H and O–H groups in total. The summed E-state index contributed by atoms with van der Waals surface area (Å²) in [5.74, 6) is 1.38. The van der Waals surface area contributed by atoms with Crippen LogP contribution in [0.4, 0.5) is 5.82 Å². The fraction of sp³-hybridized carbons (Fsp3) is 0.364. The van der Waals surface area contributed by atoms with E-state index in [0.29, 0.717) is 16.7 Å². The van der Waals surface area contributed by atoms with Crippen LogP contribution in [0, 0.1) is 6.92 Å². The number of nitrogens with zero attached hydrogens (tertiary/aromatic N) is 4. The zero-order valence-corrected chi connectivity index (χ0v) is 10.7. The number of nitrogen functional groups attached to an aromatic ring is 1. The molecular formula is C11H14ClN5. The molecule has 0 atom stereocenters. The van der Waals surface area contributed by atoms with Crippen LogP contribution in [-0.2, 0) is 0 Å². The third-order valence-corrected chi connectivity index (χ3v) is 2.90. The smallest absolute Gasteiger partial charge is 0.162 e. The minimum Gasteiger partial charge on any atom is -0.383 e. The molecule has 2 heterocycles. The van der Waals surface area contributed by atoms with Gasteiger partial charge in [-0.25, -0.2) is 14.6 Å². The predicted molar refractivity (Wildman–Crippen MR) is 67.4 cm³/mol. The van der Waals surface area contributed by atoms with E-state index in [1.54, 1.807) is 10.9 Å². The Balaban J connectivity index is 2.63. The zero-order chi connectivity index (χ0) is 12.6. The van der Waals surface area contributed by atoms with Gasteiger partial charge in [0.05, 0.1) is 16.9 Å². The zero-order valence-electron chi connectivity index (χ0n) is 9.98. The molecule has 0 unspecified atom stereocenters. The minimum atomic E-state index is 0.217. The van der Waals surface area contributed by atoms with Crippen molar-refractivity contribution in [3.05, 3.63) is 28.8 Å². The van der Waals surface area contributed by atoms with Crippen molar-refractivity contribution < 1.29 is 0 Å². The van der Waals surface area contributed by atoms with Gasteiger partial charge in [-0.3, -0.25) is 0 Å². The van der Waals surface area contributed by atoms with Crippen molar-refractivity contribution in [1.29, 1.82) is 0 Å². The minimum absolute atomic E-state index is 0.217. The number of hydrogen-bond donors (Lipinski definition) is 1. The Kier molecular flexibility index (Phi) is 3.02. The normalized spacial score (nSPS) is 11.1. The number of rotatable bonds is 2. The maximum absolute atomic E-state index is 5.99. The molecule has 0 amide bonds. The van der Waals surface area contributed by atoms with Crippen LogP contribution in [0.1, 0.15) is 31.0 Å². The van der Waals surface area contributed by atoms with Gasteiger partial charge in [0.1, 0.15) is 12.1 Å². The van der Waals surface area contributed by atoms with E-state index in [4.69, 9.17) is 17.3 Å². The maximum Gasteiger partial charge on any atom is 0.162 e. The first kappa shape index (κ1) is 11.9. The molecule has 90 valence electrons. The van der Waals surface area contributed by atoms with Crippen molar-refractivity contribution >= 4 is 17.4 Å². The van der Waals surface area contributed by atoms with E-state index in [1.807, 2.05) is 20.8 Å². The highest BCUT2D eigenvalue weighted by atomic mass is 35.5. The molecule has 0 spiro atoms. The molecule has 2 rings (SSSR count). The first-order chi connectivity index (χ1) is 8.00. The van der Waals surface area contributed by atoms with Crippen LogP contribution >= 0.6 is 11.6 Å². The van der Waals surface area contributed by atoms with Gasteiger partial charge in [-0.05, 0) is 12.8 Å². The second-order valence-corrected chi connectivity index (χ2v) is 4.57. The van der Waals surface area contributed by atoms with E-state index in [1.165, 1.54) is 6.33 Å². The number of hydrogen-bond acceptors (Lipinski definition) is 4. The van der Waals surface area contributed by atoms with Gasteiger partial charge in [0.2, 0.25) is 0 Å². The molecule has 2 aromatic heterocycles. The molecule has 17 heavy (non-hydrogen) atoms. The van der Waals surface area contributed by atoms with Gasteiger partial charge in [0, 0.05) is 5.56 Å². The number of aromatic nitrogens is 4. The van der Waals surface area contributed by atoms with Crippen LogP contribution in [0.3, 0.4) is 0 Å². The summed E-state index contributed by atoms with van der Waals surface area (Å²) in [4.78, 5) is 8.24. The van der Waals surface area contributed by atoms with Gasteiger partial charge in [-0.2, -0.15) is 5.10 Å². The highest BCUT2D eigenvalue weighted by Crippen LogP contribution is 2.26. The third-order valence-electron chi connectivity index (χ3n) is 2.53. The number of aryl methyl sites for hydroxylation is 1. The molecule has 0 aromatic carbocycles. The van der Waals surface area contributed by atoms with Gasteiger partial charge in [-0.15, -0.1) is 0 Å². The highest BCUT2D eigenvalue weighted by molar-refractivity contribution is 6.31. The van der Waals surface area contributed by atoms with Crippen molar-refractivity contribution in [3.63, 3.8) is 0 Å². The molecule has 0 aliphatic carbocycles.